The summed E-state index contributed by atoms with van der Waals surface area (Å²) < 4.78 is 27.4. The minimum Gasteiger partial charge on any atom is -0.389 e. The second-order valence-corrected chi connectivity index (χ2v) is 8.26. The zero-order chi connectivity index (χ0) is 15.8. The second-order valence-electron chi connectivity index (χ2n) is 5.96. The highest BCUT2D eigenvalue weighted by Gasteiger charge is 2.34. The second kappa shape index (κ2) is 6.02. The SMILES string of the molecule is Cc1cc(C(N)=S)ccc1S(=O)(=O)N(CC1CC1)C(C)C. The van der Waals surface area contributed by atoms with Crippen LogP contribution in [-0.2, 0) is 10.0 Å². The number of aryl methyl sites for hydroxylation is 1. The molecular formula is C15H22N2O2S2. The van der Waals surface area contributed by atoms with Crippen molar-refractivity contribution < 1.29 is 8.42 Å². The zero-order valence-corrected chi connectivity index (χ0v) is 14.3. The minimum absolute atomic E-state index is 0.0507. The van der Waals surface area contributed by atoms with Crippen LogP contribution in [0.2, 0.25) is 0 Å². The molecule has 0 amide bonds. The van der Waals surface area contributed by atoms with E-state index in [1.807, 2.05) is 13.8 Å². The van der Waals surface area contributed by atoms with E-state index < -0.39 is 10.0 Å². The number of nitrogens with two attached hydrogens (primary N) is 1. The van der Waals surface area contributed by atoms with Crippen molar-refractivity contribution in [2.24, 2.45) is 11.7 Å². The standard InChI is InChI=1S/C15H22N2O2S2/c1-10(2)17(9-12-4-5-12)21(18,19)14-7-6-13(15(16)20)8-11(14)3/h6-8,10,12H,4-5,9H2,1-3H3,(H2,16,20). The molecule has 0 heterocycles. The lowest BCUT2D eigenvalue weighted by atomic mass is 10.1. The van der Waals surface area contributed by atoms with E-state index in [-0.39, 0.29) is 11.0 Å². The van der Waals surface area contributed by atoms with Gasteiger partial charge in [-0.25, -0.2) is 8.42 Å². The van der Waals surface area contributed by atoms with Crippen molar-refractivity contribution in [1.82, 2.24) is 4.31 Å². The highest BCUT2D eigenvalue weighted by Crippen LogP contribution is 2.33. The number of hydrogen-bond acceptors (Lipinski definition) is 3. The molecule has 2 rings (SSSR count). The van der Waals surface area contributed by atoms with Crippen LogP contribution in [0.4, 0.5) is 0 Å². The Morgan fingerprint density at radius 3 is 2.48 bits per heavy atom. The summed E-state index contributed by atoms with van der Waals surface area (Å²) in [5, 5.41) is 0. The van der Waals surface area contributed by atoms with Crippen LogP contribution in [0.1, 0.15) is 37.8 Å². The lowest BCUT2D eigenvalue weighted by Crippen LogP contribution is -2.38. The van der Waals surface area contributed by atoms with E-state index in [1.165, 1.54) is 0 Å². The van der Waals surface area contributed by atoms with Gasteiger partial charge in [-0.2, -0.15) is 4.31 Å². The quantitative estimate of drug-likeness (QED) is 0.816. The van der Waals surface area contributed by atoms with Crippen molar-refractivity contribution in [1.29, 1.82) is 0 Å². The first kappa shape index (κ1) is 16.4. The van der Waals surface area contributed by atoms with Gasteiger partial charge in [0.1, 0.15) is 4.99 Å². The normalized spacial score (nSPS) is 15.7. The van der Waals surface area contributed by atoms with Crippen LogP contribution in [0.25, 0.3) is 0 Å². The van der Waals surface area contributed by atoms with Crippen molar-refractivity contribution in [2.45, 2.75) is 44.6 Å². The fraction of sp³-hybridized carbons (Fsp3) is 0.533. The van der Waals surface area contributed by atoms with Crippen molar-refractivity contribution in [3.8, 4) is 0 Å². The van der Waals surface area contributed by atoms with E-state index in [1.54, 1.807) is 29.4 Å². The summed E-state index contributed by atoms with van der Waals surface area (Å²) in [4.78, 5) is 0.623. The number of rotatable bonds is 6. The molecule has 0 atom stereocenters. The molecule has 1 aromatic carbocycles. The number of thiocarbonyl (C=S) groups is 1. The van der Waals surface area contributed by atoms with Crippen LogP contribution in [0.15, 0.2) is 23.1 Å². The predicted octanol–water partition coefficient (Wildman–Crippen LogP) is 2.44. The van der Waals surface area contributed by atoms with E-state index in [0.717, 1.165) is 12.8 Å². The van der Waals surface area contributed by atoms with Crippen LogP contribution in [0.3, 0.4) is 0 Å². The van der Waals surface area contributed by atoms with Gasteiger partial charge in [-0.15, -0.1) is 0 Å². The molecular weight excluding hydrogens is 304 g/mol. The molecule has 0 aromatic heterocycles. The van der Waals surface area contributed by atoms with Crippen molar-refractivity contribution in [3.05, 3.63) is 29.3 Å². The summed E-state index contributed by atoms with van der Waals surface area (Å²) in [5.41, 5.74) is 6.97. The molecule has 1 fully saturated rings. The Bertz CT molecular complexity index is 650. The first-order valence-corrected chi connectivity index (χ1v) is 9.00. The highest BCUT2D eigenvalue weighted by atomic mass is 32.2. The maximum atomic E-state index is 12.9. The lowest BCUT2D eigenvalue weighted by Gasteiger charge is -2.26. The summed E-state index contributed by atoms with van der Waals surface area (Å²) in [6.45, 7) is 6.22. The van der Waals surface area contributed by atoms with Crippen molar-refractivity contribution in [2.75, 3.05) is 6.54 Å². The smallest absolute Gasteiger partial charge is 0.243 e. The molecule has 0 radical (unpaired) electrons. The third kappa shape index (κ3) is 3.62. The molecule has 0 spiro atoms. The van der Waals surface area contributed by atoms with Crippen LogP contribution in [0.5, 0.6) is 0 Å². The average molecular weight is 326 g/mol. The van der Waals surface area contributed by atoms with Gasteiger partial charge in [0, 0.05) is 18.2 Å². The maximum Gasteiger partial charge on any atom is 0.243 e. The topological polar surface area (TPSA) is 63.4 Å². The Morgan fingerprint density at radius 2 is 2.05 bits per heavy atom. The molecule has 0 saturated heterocycles. The number of benzene rings is 1. The summed E-state index contributed by atoms with van der Waals surface area (Å²) in [6, 6.07) is 4.98. The fourth-order valence-corrected chi connectivity index (χ4v) is 4.41. The van der Waals surface area contributed by atoms with E-state index >= 15 is 0 Å². The van der Waals surface area contributed by atoms with Crippen molar-refractivity contribution in [3.63, 3.8) is 0 Å². The molecule has 1 saturated carbocycles. The molecule has 1 aliphatic rings. The summed E-state index contributed by atoms with van der Waals surface area (Å²) in [6.07, 6.45) is 2.25. The Labute approximate surface area is 132 Å². The fourth-order valence-electron chi connectivity index (χ4n) is 2.36. The van der Waals surface area contributed by atoms with E-state index in [2.05, 4.69) is 0 Å². The van der Waals surface area contributed by atoms with E-state index in [0.29, 0.717) is 28.5 Å². The van der Waals surface area contributed by atoms with E-state index in [4.69, 9.17) is 18.0 Å². The third-order valence-electron chi connectivity index (χ3n) is 3.76. The molecule has 0 unspecified atom stereocenters. The van der Waals surface area contributed by atoms with E-state index in [9.17, 15) is 8.42 Å². The molecule has 0 aliphatic heterocycles. The van der Waals surface area contributed by atoms with Crippen molar-refractivity contribution >= 4 is 27.2 Å². The molecule has 116 valence electrons. The van der Waals surface area contributed by atoms with Gasteiger partial charge in [0.15, 0.2) is 0 Å². The van der Waals surface area contributed by atoms with Gasteiger partial charge in [0.2, 0.25) is 10.0 Å². The molecule has 6 heteroatoms. The molecule has 1 aromatic rings. The molecule has 2 N–H and O–H groups in total. The lowest BCUT2D eigenvalue weighted by molar-refractivity contribution is 0.341. The van der Waals surface area contributed by atoms with Gasteiger partial charge in [-0.3, -0.25) is 0 Å². The van der Waals surface area contributed by atoms with Crippen LogP contribution in [-0.4, -0.2) is 30.3 Å². The Balaban J connectivity index is 2.39. The van der Waals surface area contributed by atoms with Crippen LogP contribution < -0.4 is 5.73 Å². The number of sulfonamides is 1. The molecule has 21 heavy (non-hydrogen) atoms. The van der Waals surface area contributed by atoms with Gasteiger partial charge in [-0.1, -0.05) is 18.3 Å². The van der Waals surface area contributed by atoms with Gasteiger partial charge >= 0.3 is 0 Å². The molecule has 4 nitrogen and oxygen atoms in total. The molecule has 0 bridgehead atoms. The Morgan fingerprint density at radius 1 is 1.43 bits per heavy atom. The Kier molecular flexibility index (Phi) is 4.70. The first-order chi connectivity index (χ1) is 9.73. The molecule has 1 aliphatic carbocycles. The third-order valence-corrected chi connectivity index (χ3v) is 6.19. The maximum absolute atomic E-state index is 12.9. The zero-order valence-electron chi connectivity index (χ0n) is 12.7. The van der Waals surface area contributed by atoms with Gasteiger partial charge in [0.05, 0.1) is 4.90 Å². The first-order valence-electron chi connectivity index (χ1n) is 7.15. The summed E-state index contributed by atoms with van der Waals surface area (Å²) >= 11 is 4.93. The number of nitrogens with zero attached hydrogens (tertiary/aromatic N) is 1. The monoisotopic (exact) mass is 326 g/mol. The summed E-state index contributed by atoms with van der Waals surface area (Å²) in [7, 11) is -3.48. The van der Waals surface area contributed by atoms with Crippen LogP contribution >= 0.6 is 12.2 Å². The van der Waals surface area contributed by atoms with Crippen LogP contribution in [0, 0.1) is 12.8 Å². The number of hydrogen-bond donors (Lipinski definition) is 1. The average Bonchev–Trinajstić information content (AvgIpc) is 3.18. The van der Waals surface area contributed by atoms with Gasteiger partial charge < -0.3 is 5.73 Å². The Hall–Kier alpha value is -0.980. The minimum atomic E-state index is -3.48. The van der Waals surface area contributed by atoms with Gasteiger partial charge in [0.25, 0.3) is 0 Å². The summed E-state index contributed by atoms with van der Waals surface area (Å²) in [5.74, 6) is 0.512. The highest BCUT2D eigenvalue weighted by molar-refractivity contribution is 7.89. The predicted molar refractivity (Wildman–Crippen MR) is 88.8 cm³/mol. The largest absolute Gasteiger partial charge is 0.389 e. The van der Waals surface area contributed by atoms with Gasteiger partial charge in [-0.05, 0) is 57.2 Å².